The molecule has 0 aliphatic carbocycles. The summed E-state index contributed by atoms with van der Waals surface area (Å²) in [7, 11) is 0. The van der Waals surface area contributed by atoms with Crippen LogP contribution in [0.3, 0.4) is 0 Å². The maximum absolute atomic E-state index is 11.5. The summed E-state index contributed by atoms with van der Waals surface area (Å²) in [6, 6.07) is 0. The van der Waals surface area contributed by atoms with Crippen LogP contribution in [0.4, 0.5) is 9.59 Å². The van der Waals surface area contributed by atoms with Crippen LogP contribution in [0, 0.1) is 0 Å². The molecule has 2 N–H and O–H groups in total. The number of carbonyl (C=O) groups is 2. The maximum Gasteiger partial charge on any atom is 0.407 e. The third-order valence-corrected chi connectivity index (χ3v) is 3.48. The Morgan fingerprint density at radius 1 is 0.792 bits per heavy atom. The minimum absolute atomic E-state index is 0.00584. The summed E-state index contributed by atoms with van der Waals surface area (Å²) in [5, 5.41) is 5.36. The van der Waals surface area contributed by atoms with E-state index in [0.29, 0.717) is 13.1 Å². The Kier molecular flexibility index (Phi) is 9.96. The first-order chi connectivity index (χ1) is 10.8. The molecule has 0 saturated heterocycles. The number of ether oxygens (including phenoxy) is 2. The molecule has 0 aromatic rings. The fourth-order valence-corrected chi connectivity index (χ4v) is 2.10. The van der Waals surface area contributed by atoms with Crippen molar-refractivity contribution in [2.24, 2.45) is 0 Å². The van der Waals surface area contributed by atoms with E-state index >= 15 is 0 Å². The van der Waals surface area contributed by atoms with Gasteiger partial charge in [-0.1, -0.05) is 0 Å². The van der Waals surface area contributed by atoms with Crippen molar-refractivity contribution in [1.29, 1.82) is 0 Å². The van der Waals surface area contributed by atoms with E-state index in [1.54, 1.807) is 0 Å². The minimum Gasteiger partial charge on any atom is -0.444 e. The third-order valence-electron chi connectivity index (χ3n) is 2.59. The van der Waals surface area contributed by atoms with Crippen LogP contribution in [0.1, 0.15) is 54.4 Å². The molecule has 8 heteroatoms. The maximum atomic E-state index is 11.5. The second-order valence-corrected chi connectivity index (χ2v) is 9.11. The van der Waals surface area contributed by atoms with E-state index in [1.807, 2.05) is 41.5 Å². The molecule has 6 nitrogen and oxygen atoms in total. The Morgan fingerprint density at radius 2 is 1.08 bits per heavy atom. The zero-order valence-corrected chi connectivity index (χ0v) is 17.3. The van der Waals surface area contributed by atoms with Crippen molar-refractivity contribution in [1.82, 2.24) is 10.6 Å². The number of amides is 2. The van der Waals surface area contributed by atoms with Crippen molar-refractivity contribution in [3.63, 3.8) is 0 Å². The summed E-state index contributed by atoms with van der Waals surface area (Å²) >= 11 is 8.88. The van der Waals surface area contributed by atoms with Crippen molar-refractivity contribution >= 4 is 37.4 Å². The van der Waals surface area contributed by atoms with E-state index in [1.165, 1.54) is 0 Å². The highest BCUT2D eigenvalue weighted by Gasteiger charge is 2.18. The number of rotatable bonds is 7. The third kappa shape index (κ3) is 14.8. The average Bonchev–Trinajstić information content (AvgIpc) is 2.36. The monoisotopic (exact) mass is 380 g/mol. The van der Waals surface area contributed by atoms with E-state index in [2.05, 4.69) is 35.9 Å². The van der Waals surface area contributed by atoms with Crippen molar-refractivity contribution in [3.8, 4) is 0 Å². The van der Waals surface area contributed by atoms with Crippen molar-refractivity contribution in [2.45, 2.75) is 76.1 Å². The second kappa shape index (κ2) is 10.3. The zero-order chi connectivity index (χ0) is 19.0. The van der Waals surface area contributed by atoms with E-state index in [9.17, 15) is 9.59 Å². The largest absolute Gasteiger partial charge is 0.444 e. The molecule has 24 heavy (non-hydrogen) atoms. The molecule has 0 fully saturated rings. The molecule has 0 aliphatic rings. The molecular formula is C16H32N2O4S2. The lowest BCUT2D eigenvalue weighted by atomic mass is 10.2. The number of carbonyl (C=O) groups excluding carboxylic acids is 2. The lowest BCUT2D eigenvalue weighted by Crippen LogP contribution is -2.37. The molecule has 2 amide bonds. The van der Waals surface area contributed by atoms with E-state index in [-0.39, 0.29) is 10.5 Å². The predicted molar refractivity (Wildman–Crippen MR) is 103 cm³/mol. The Morgan fingerprint density at radius 3 is 1.33 bits per heavy atom. The number of thiol groups is 2. The first-order valence-electron chi connectivity index (χ1n) is 8.08. The lowest BCUT2D eigenvalue weighted by molar-refractivity contribution is 0.0514. The van der Waals surface area contributed by atoms with E-state index < -0.39 is 23.4 Å². The van der Waals surface area contributed by atoms with Crippen LogP contribution in [0.2, 0.25) is 0 Å². The molecule has 2 atom stereocenters. The Balaban J connectivity index is 3.88. The Labute approximate surface area is 156 Å². The van der Waals surface area contributed by atoms with Crippen LogP contribution in [-0.2, 0) is 9.47 Å². The first kappa shape index (κ1) is 23.2. The van der Waals surface area contributed by atoms with Gasteiger partial charge >= 0.3 is 12.2 Å². The van der Waals surface area contributed by atoms with Gasteiger partial charge in [-0.2, -0.15) is 25.3 Å². The fraction of sp³-hybridized carbons (Fsp3) is 0.875. The molecule has 0 aliphatic heterocycles. The van der Waals surface area contributed by atoms with Crippen molar-refractivity contribution < 1.29 is 19.1 Å². The summed E-state index contributed by atoms with van der Waals surface area (Å²) in [5.41, 5.74) is -1.03. The quantitative estimate of drug-likeness (QED) is 0.511. The van der Waals surface area contributed by atoms with Gasteiger partial charge < -0.3 is 20.1 Å². The molecule has 0 bridgehead atoms. The molecule has 142 valence electrons. The molecule has 0 aromatic heterocycles. The fourth-order valence-electron chi connectivity index (χ4n) is 1.62. The Hall–Kier alpha value is -0.760. The molecule has 0 rings (SSSR count). The summed E-state index contributed by atoms with van der Waals surface area (Å²) in [4.78, 5) is 23.1. The lowest BCUT2D eigenvalue weighted by Gasteiger charge is -2.21. The molecule has 0 saturated carbocycles. The standard InChI is InChI=1S/C16H32N2O4S2/c1-15(2,3)21-13(19)17-9-11(23)7-8-12(24)10-18-14(20)22-16(4,5)6/h11-12,23-24H,7-10H2,1-6H3,(H,17,19)(H,18,20)/t11-,12-/m1/s1. The molecule has 0 heterocycles. The van der Waals surface area contributed by atoms with Gasteiger partial charge in [0.25, 0.3) is 0 Å². The highest BCUT2D eigenvalue weighted by Crippen LogP contribution is 2.12. The van der Waals surface area contributed by atoms with Gasteiger partial charge in [-0.25, -0.2) is 9.59 Å². The molecule has 0 aromatic carbocycles. The zero-order valence-electron chi connectivity index (χ0n) is 15.5. The minimum atomic E-state index is -0.514. The van der Waals surface area contributed by atoms with Gasteiger partial charge in [0.05, 0.1) is 0 Å². The predicted octanol–water partition coefficient (Wildman–Crippen LogP) is 3.41. The summed E-state index contributed by atoms with van der Waals surface area (Å²) in [5.74, 6) is 0. The smallest absolute Gasteiger partial charge is 0.407 e. The Bertz CT molecular complexity index is 368. The number of hydrogen-bond acceptors (Lipinski definition) is 6. The number of alkyl carbamates (subject to hydrolysis) is 2. The second-order valence-electron chi connectivity index (χ2n) is 7.65. The van der Waals surface area contributed by atoms with Crippen LogP contribution in [0.25, 0.3) is 0 Å². The van der Waals surface area contributed by atoms with Gasteiger partial charge in [0, 0.05) is 23.6 Å². The molecule has 0 radical (unpaired) electrons. The summed E-state index contributed by atoms with van der Waals surface area (Å²) < 4.78 is 10.3. The average molecular weight is 381 g/mol. The van der Waals surface area contributed by atoms with Crippen molar-refractivity contribution in [2.75, 3.05) is 13.1 Å². The molecule has 0 spiro atoms. The van der Waals surface area contributed by atoms with Crippen molar-refractivity contribution in [3.05, 3.63) is 0 Å². The summed E-state index contributed by atoms with van der Waals surface area (Å²) in [6.07, 6.45) is 0.609. The van der Waals surface area contributed by atoms with E-state index in [4.69, 9.17) is 9.47 Å². The van der Waals surface area contributed by atoms with Crippen LogP contribution >= 0.6 is 25.3 Å². The van der Waals surface area contributed by atoms with Gasteiger partial charge in [-0.05, 0) is 54.4 Å². The normalized spacial score (nSPS) is 14.5. The number of nitrogens with one attached hydrogen (secondary N) is 2. The topological polar surface area (TPSA) is 76.7 Å². The van der Waals surface area contributed by atoms with Gasteiger partial charge in [0.2, 0.25) is 0 Å². The van der Waals surface area contributed by atoms with Gasteiger partial charge in [0.15, 0.2) is 0 Å². The van der Waals surface area contributed by atoms with Crippen LogP contribution < -0.4 is 10.6 Å². The van der Waals surface area contributed by atoms with Gasteiger partial charge in [-0.3, -0.25) is 0 Å². The van der Waals surface area contributed by atoms with Crippen LogP contribution in [-0.4, -0.2) is 47.0 Å². The summed E-state index contributed by atoms with van der Waals surface area (Å²) in [6.45, 7) is 11.7. The van der Waals surface area contributed by atoms with Gasteiger partial charge in [-0.15, -0.1) is 0 Å². The molecular weight excluding hydrogens is 348 g/mol. The highest BCUT2D eigenvalue weighted by molar-refractivity contribution is 7.81. The SMILES string of the molecule is CC(C)(C)OC(=O)NC[C@H](S)CC[C@@H](S)CNC(=O)OC(C)(C)C. The first-order valence-corrected chi connectivity index (χ1v) is 9.11. The van der Waals surface area contributed by atoms with Crippen LogP contribution in [0.5, 0.6) is 0 Å². The number of hydrogen-bond donors (Lipinski definition) is 4. The highest BCUT2D eigenvalue weighted by atomic mass is 32.1. The molecule has 0 unspecified atom stereocenters. The van der Waals surface area contributed by atoms with E-state index in [0.717, 1.165) is 12.8 Å². The van der Waals surface area contributed by atoms with Gasteiger partial charge in [0.1, 0.15) is 11.2 Å². The van der Waals surface area contributed by atoms with Crippen LogP contribution in [0.15, 0.2) is 0 Å².